The van der Waals surface area contributed by atoms with Crippen molar-refractivity contribution in [3.8, 4) is 17.3 Å². The Kier molecular flexibility index (Phi) is 6.09. The standard InChI is InChI=1S/C29H21BrN4O3S/c1-38(35,36)29-18-20(17-27(33-29)32-24-10-4-3-9-23(24)30)37-19-13-14-22-21-8-2-5-11-25(21)34(26(22)16-19)28-12-6-7-15-31-28/h2-18H,1H3,(H,32,33). The fraction of sp³-hybridized carbons (Fsp3) is 0.0345. The summed E-state index contributed by atoms with van der Waals surface area (Å²) in [6.07, 6.45) is 2.89. The zero-order valence-electron chi connectivity index (χ0n) is 20.2. The molecule has 0 aliphatic rings. The van der Waals surface area contributed by atoms with Gasteiger partial charge in [0.2, 0.25) is 0 Å². The number of aromatic nitrogens is 3. The number of anilines is 2. The molecule has 0 amide bonds. The number of hydrogen-bond acceptors (Lipinski definition) is 6. The Balaban J connectivity index is 1.45. The predicted molar refractivity (Wildman–Crippen MR) is 153 cm³/mol. The van der Waals surface area contributed by atoms with Gasteiger partial charge in [-0.05, 0) is 58.4 Å². The average molecular weight is 585 g/mol. The van der Waals surface area contributed by atoms with Crippen LogP contribution in [0.4, 0.5) is 11.5 Å². The van der Waals surface area contributed by atoms with Crippen LogP contribution in [0.25, 0.3) is 27.6 Å². The van der Waals surface area contributed by atoms with E-state index in [2.05, 4.69) is 47.9 Å². The number of para-hydroxylation sites is 2. The van der Waals surface area contributed by atoms with Gasteiger partial charge < -0.3 is 10.1 Å². The van der Waals surface area contributed by atoms with E-state index in [-0.39, 0.29) is 5.03 Å². The van der Waals surface area contributed by atoms with E-state index in [9.17, 15) is 8.42 Å². The second-order valence-electron chi connectivity index (χ2n) is 8.72. The monoisotopic (exact) mass is 584 g/mol. The van der Waals surface area contributed by atoms with Crippen molar-refractivity contribution in [2.45, 2.75) is 5.03 Å². The van der Waals surface area contributed by atoms with Crippen LogP contribution in [-0.4, -0.2) is 29.2 Å². The van der Waals surface area contributed by atoms with Crippen molar-refractivity contribution in [3.63, 3.8) is 0 Å². The summed E-state index contributed by atoms with van der Waals surface area (Å²) >= 11 is 3.50. The number of fused-ring (bicyclic) bond motifs is 3. The van der Waals surface area contributed by atoms with E-state index in [4.69, 9.17) is 4.74 Å². The van der Waals surface area contributed by atoms with Crippen LogP contribution < -0.4 is 10.1 Å². The fourth-order valence-electron chi connectivity index (χ4n) is 4.38. The van der Waals surface area contributed by atoms with Crippen LogP contribution in [0.2, 0.25) is 0 Å². The number of hydrogen-bond donors (Lipinski definition) is 1. The molecule has 0 bridgehead atoms. The first kappa shape index (κ1) is 24.1. The lowest BCUT2D eigenvalue weighted by Gasteiger charge is -2.13. The van der Waals surface area contributed by atoms with Crippen LogP contribution >= 0.6 is 15.9 Å². The topological polar surface area (TPSA) is 86.1 Å². The number of sulfone groups is 1. The minimum Gasteiger partial charge on any atom is -0.457 e. The zero-order chi connectivity index (χ0) is 26.3. The normalized spacial score (nSPS) is 11.6. The minimum atomic E-state index is -3.59. The van der Waals surface area contributed by atoms with Crippen LogP contribution in [-0.2, 0) is 9.84 Å². The molecule has 0 atom stereocenters. The van der Waals surface area contributed by atoms with Crippen LogP contribution in [0, 0.1) is 0 Å². The van der Waals surface area contributed by atoms with Gasteiger partial charge in [-0.1, -0.05) is 36.4 Å². The van der Waals surface area contributed by atoms with Gasteiger partial charge in [0.1, 0.15) is 23.1 Å². The second-order valence-corrected chi connectivity index (χ2v) is 11.5. The van der Waals surface area contributed by atoms with Gasteiger partial charge >= 0.3 is 0 Å². The molecule has 0 spiro atoms. The molecule has 0 aliphatic carbocycles. The molecular formula is C29H21BrN4O3S. The number of ether oxygens (including phenoxy) is 1. The molecule has 6 rings (SSSR count). The summed E-state index contributed by atoms with van der Waals surface area (Å²) in [5, 5.41) is 5.24. The first-order valence-electron chi connectivity index (χ1n) is 11.7. The van der Waals surface area contributed by atoms with Crippen LogP contribution in [0.3, 0.4) is 0 Å². The molecule has 3 heterocycles. The molecule has 3 aromatic carbocycles. The number of nitrogens with one attached hydrogen (secondary N) is 1. The molecule has 0 saturated heterocycles. The Bertz CT molecular complexity index is 1920. The van der Waals surface area contributed by atoms with Crippen molar-refractivity contribution < 1.29 is 13.2 Å². The third kappa shape index (κ3) is 4.62. The molecule has 0 saturated carbocycles. The van der Waals surface area contributed by atoms with Gasteiger partial charge in [-0.3, -0.25) is 4.57 Å². The molecule has 3 aromatic heterocycles. The molecule has 0 fully saturated rings. The Morgan fingerprint density at radius 3 is 2.37 bits per heavy atom. The lowest BCUT2D eigenvalue weighted by atomic mass is 10.1. The third-order valence-corrected chi connectivity index (χ3v) is 7.71. The molecule has 6 aromatic rings. The highest BCUT2D eigenvalue weighted by atomic mass is 79.9. The molecule has 1 N–H and O–H groups in total. The molecule has 9 heteroatoms. The number of nitrogens with zero attached hydrogens (tertiary/aromatic N) is 3. The molecule has 7 nitrogen and oxygen atoms in total. The summed E-state index contributed by atoms with van der Waals surface area (Å²) in [5.41, 5.74) is 2.70. The molecule has 0 radical (unpaired) electrons. The summed E-state index contributed by atoms with van der Waals surface area (Å²) in [6.45, 7) is 0. The zero-order valence-corrected chi connectivity index (χ0v) is 22.6. The van der Waals surface area contributed by atoms with Crippen molar-refractivity contribution in [3.05, 3.63) is 108 Å². The van der Waals surface area contributed by atoms with Crippen molar-refractivity contribution in [1.82, 2.24) is 14.5 Å². The van der Waals surface area contributed by atoms with Crippen LogP contribution in [0.15, 0.2) is 113 Å². The lowest BCUT2D eigenvalue weighted by Crippen LogP contribution is -2.04. The van der Waals surface area contributed by atoms with E-state index in [0.717, 1.165) is 44.0 Å². The summed E-state index contributed by atoms with van der Waals surface area (Å²) in [7, 11) is -3.59. The van der Waals surface area contributed by atoms with Gasteiger partial charge in [0, 0.05) is 45.9 Å². The minimum absolute atomic E-state index is 0.0896. The molecule has 0 aliphatic heterocycles. The summed E-state index contributed by atoms with van der Waals surface area (Å²) < 4.78 is 34.0. The van der Waals surface area contributed by atoms with E-state index in [1.54, 1.807) is 12.3 Å². The van der Waals surface area contributed by atoms with Gasteiger partial charge in [-0.2, -0.15) is 0 Å². The van der Waals surface area contributed by atoms with E-state index < -0.39 is 9.84 Å². The lowest BCUT2D eigenvalue weighted by molar-refractivity contribution is 0.480. The van der Waals surface area contributed by atoms with Gasteiger partial charge in [-0.15, -0.1) is 0 Å². The smallest absolute Gasteiger partial charge is 0.192 e. The Morgan fingerprint density at radius 1 is 0.816 bits per heavy atom. The summed E-state index contributed by atoms with van der Waals surface area (Å²) in [6, 6.07) is 30.4. The number of benzene rings is 3. The van der Waals surface area contributed by atoms with Crippen molar-refractivity contribution in [1.29, 1.82) is 0 Å². The van der Waals surface area contributed by atoms with Gasteiger partial charge in [-0.25, -0.2) is 18.4 Å². The highest BCUT2D eigenvalue weighted by Crippen LogP contribution is 2.36. The third-order valence-electron chi connectivity index (χ3n) is 6.05. The Morgan fingerprint density at radius 2 is 1.58 bits per heavy atom. The molecule has 188 valence electrons. The van der Waals surface area contributed by atoms with Gasteiger partial charge in [0.25, 0.3) is 0 Å². The Hall–Kier alpha value is -4.21. The largest absolute Gasteiger partial charge is 0.457 e. The van der Waals surface area contributed by atoms with Crippen molar-refractivity contribution >= 4 is 59.1 Å². The maximum Gasteiger partial charge on any atom is 0.192 e. The highest BCUT2D eigenvalue weighted by Gasteiger charge is 2.16. The quantitative estimate of drug-likeness (QED) is 0.221. The van der Waals surface area contributed by atoms with E-state index in [0.29, 0.717) is 17.3 Å². The number of halogens is 1. The van der Waals surface area contributed by atoms with E-state index in [1.165, 1.54) is 6.07 Å². The molecule has 38 heavy (non-hydrogen) atoms. The Labute approximate surface area is 227 Å². The predicted octanol–water partition coefficient (Wildman–Crippen LogP) is 7.28. The first-order chi connectivity index (χ1) is 18.4. The highest BCUT2D eigenvalue weighted by molar-refractivity contribution is 9.10. The first-order valence-corrected chi connectivity index (χ1v) is 14.4. The van der Waals surface area contributed by atoms with Crippen molar-refractivity contribution in [2.75, 3.05) is 11.6 Å². The molecular weight excluding hydrogens is 564 g/mol. The number of rotatable bonds is 6. The van der Waals surface area contributed by atoms with Gasteiger partial charge in [0.15, 0.2) is 14.9 Å². The van der Waals surface area contributed by atoms with E-state index in [1.807, 2.05) is 72.8 Å². The fourth-order valence-corrected chi connectivity index (χ4v) is 5.36. The SMILES string of the molecule is CS(=O)(=O)c1cc(Oc2ccc3c4ccccc4n(-c4ccccn4)c3c2)cc(Nc2ccccc2Br)n1. The van der Waals surface area contributed by atoms with Crippen molar-refractivity contribution in [2.24, 2.45) is 0 Å². The summed E-state index contributed by atoms with van der Waals surface area (Å²) in [5.74, 6) is 2.03. The average Bonchev–Trinajstić information content (AvgIpc) is 3.23. The molecule has 0 unspecified atom stereocenters. The summed E-state index contributed by atoms with van der Waals surface area (Å²) in [4.78, 5) is 8.87. The van der Waals surface area contributed by atoms with Gasteiger partial charge in [0.05, 0.1) is 16.7 Å². The van der Waals surface area contributed by atoms with Crippen LogP contribution in [0.5, 0.6) is 11.5 Å². The maximum absolute atomic E-state index is 12.4. The number of pyridine rings is 2. The van der Waals surface area contributed by atoms with E-state index >= 15 is 0 Å². The van der Waals surface area contributed by atoms with Crippen LogP contribution in [0.1, 0.15) is 0 Å². The maximum atomic E-state index is 12.4. The second kappa shape index (κ2) is 9.59.